The first-order valence-corrected chi connectivity index (χ1v) is 5.82. The molecule has 0 aliphatic heterocycles. The number of benzene rings is 1. The maximum Gasteiger partial charge on any atom is 0.308 e. The summed E-state index contributed by atoms with van der Waals surface area (Å²) >= 11 is 0. The van der Waals surface area contributed by atoms with Crippen LogP contribution in [0.15, 0.2) is 18.2 Å². The molecule has 1 aromatic rings. The van der Waals surface area contributed by atoms with Gasteiger partial charge >= 0.3 is 5.97 Å². The third-order valence-electron chi connectivity index (χ3n) is 2.78. The molecule has 0 spiro atoms. The lowest BCUT2D eigenvalue weighted by Gasteiger charge is -2.17. The topological polar surface area (TPSA) is 141 Å². The van der Waals surface area contributed by atoms with Crippen molar-refractivity contribution in [3.05, 3.63) is 39.4 Å². The number of carboxylic acid groups (broad SMARTS) is 1. The van der Waals surface area contributed by atoms with Crippen molar-refractivity contribution in [2.75, 3.05) is 6.61 Å². The Bertz CT molecular complexity index is 503. The standard InChI is InChI=1S/C12H15NO7/c14-4-3-10(15)12(18)8-2-1-7(6-11(16)17)9(5-8)13(19)20/h1-2,5,10,12,14-15,18H,3-4,6H2,(H,16,17). The van der Waals surface area contributed by atoms with Gasteiger partial charge in [0.25, 0.3) is 5.69 Å². The van der Waals surface area contributed by atoms with E-state index in [1.807, 2.05) is 0 Å². The third kappa shape index (κ3) is 3.98. The Balaban J connectivity index is 3.09. The zero-order valence-corrected chi connectivity index (χ0v) is 10.5. The number of rotatable bonds is 7. The van der Waals surface area contributed by atoms with Gasteiger partial charge in [-0.3, -0.25) is 14.9 Å². The minimum Gasteiger partial charge on any atom is -0.481 e. The number of carbonyl (C=O) groups is 1. The Morgan fingerprint density at radius 1 is 1.35 bits per heavy atom. The second-order valence-electron chi connectivity index (χ2n) is 4.24. The van der Waals surface area contributed by atoms with Crippen LogP contribution in [-0.2, 0) is 11.2 Å². The first-order valence-electron chi connectivity index (χ1n) is 5.82. The smallest absolute Gasteiger partial charge is 0.308 e. The molecule has 0 aromatic heterocycles. The van der Waals surface area contributed by atoms with Crippen molar-refractivity contribution >= 4 is 11.7 Å². The van der Waals surface area contributed by atoms with Gasteiger partial charge in [0.05, 0.1) is 17.4 Å². The lowest BCUT2D eigenvalue weighted by molar-refractivity contribution is -0.385. The van der Waals surface area contributed by atoms with Crippen LogP contribution in [-0.4, -0.2) is 44.0 Å². The molecule has 1 rings (SSSR count). The van der Waals surface area contributed by atoms with E-state index in [0.29, 0.717) is 0 Å². The van der Waals surface area contributed by atoms with Crippen molar-refractivity contribution in [1.82, 2.24) is 0 Å². The molecule has 1 aromatic carbocycles. The maximum absolute atomic E-state index is 10.9. The summed E-state index contributed by atoms with van der Waals surface area (Å²) in [5.41, 5.74) is -0.331. The minimum atomic E-state index is -1.39. The van der Waals surface area contributed by atoms with Crippen LogP contribution in [0.25, 0.3) is 0 Å². The monoisotopic (exact) mass is 285 g/mol. The summed E-state index contributed by atoms with van der Waals surface area (Å²) in [5.74, 6) is -1.21. The zero-order chi connectivity index (χ0) is 15.3. The van der Waals surface area contributed by atoms with Crippen LogP contribution in [0.3, 0.4) is 0 Å². The van der Waals surface area contributed by atoms with Crippen molar-refractivity contribution in [3.8, 4) is 0 Å². The second kappa shape index (κ2) is 6.94. The predicted molar refractivity (Wildman–Crippen MR) is 67.1 cm³/mol. The van der Waals surface area contributed by atoms with E-state index in [9.17, 15) is 25.1 Å². The third-order valence-corrected chi connectivity index (χ3v) is 2.78. The van der Waals surface area contributed by atoms with Crippen LogP contribution in [0.4, 0.5) is 5.69 Å². The van der Waals surface area contributed by atoms with Gasteiger partial charge in [0, 0.05) is 18.2 Å². The fourth-order valence-electron chi connectivity index (χ4n) is 1.76. The van der Waals surface area contributed by atoms with E-state index in [0.717, 1.165) is 6.07 Å². The van der Waals surface area contributed by atoms with Crippen molar-refractivity contribution in [1.29, 1.82) is 0 Å². The molecule has 0 saturated carbocycles. The molecule has 0 amide bonds. The Morgan fingerprint density at radius 3 is 2.50 bits per heavy atom. The molecular formula is C12H15NO7. The number of nitro benzene ring substituents is 1. The van der Waals surface area contributed by atoms with Gasteiger partial charge in [-0.15, -0.1) is 0 Å². The number of nitro groups is 1. The van der Waals surface area contributed by atoms with E-state index in [2.05, 4.69) is 0 Å². The molecule has 0 saturated heterocycles. The van der Waals surface area contributed by atoms with Crippen LogP contribution < -0.4 is 0 Å². The number of nitrogens with zero attached hydrogens (tertiary/aromatic N) is 1. The summed E-state index contributed by atoms with van der Waals surface area (Å²) in [5, 5.41) is 47.6. The molecule has 110 valence electrons. The summed E-state index contributed by atoms with van der Waals surface area (Å²) in [4.78, 5) is 20.8. The molecular weight excluding hydrogens is 270 g/mol. The van der Waals surface area contributed by atoms with E-state index in [1.54, 1.807) is 0 Å². The number of carboxylic acids is 1. The van der Waals surface area contributed by atoms with Crippen LogP contribution in [0, 0.1) is 10.1 Å². The highest BCUT2D eigenvalue weighted by Gasteiger charge is 2.23. The van der Waals surface area contributed by atoms with Crippen molar-refractivity contribution in [2.45, 2.75) is 25.0 Å². The Morgan fingerprint density at radius 2 is 2.00 bits per heavy atom. The van der Waals surface area contributed by atoms with Crippen LogP contribution in [0.2, 0.25) is 0 Å². The van der Waals surface area contributed by atoms with Crippen LogP contribution >= 0.6 is 0 Å². The van der Waals surface area contributed by atoms with E-state index in [4.69, 9.17) is 10.2 Å². The normalized spacial score (nSPS) is 13.8. The van der Waals surface area contributed by atoms with E-state index in [-0.39, 0.29) is 24.2 Å². The fraction of sp³-hybridized carbons (Fsp3) is 0.417. The number of aliphatic hydroxyl groups is 3. The second-order valence-corrected chi connectivity index (χ2v) is 4.24. The molecule has 4 N–H and O–H groups in total. The van der Waals surface area contributed by atoms with Gasteiger partial charge in [0.1, 0.15) is 6.10 Å². The molecule has 0 fully saturated rings. The molecule has 0 heterocycles. The van der Waals surface area contributed by atoms with Crippen LogP contribution in [0.1, 0.15) is 23.7 Å². The molecule has 2 unspecified atom stereocenters. The summed E-state index contributed by atoms with van der Waals surface area (Å²) in [6, 6.07) is 3.58. The molecule has 8 heteroatoms. The van der Waals surface area contributed by atoms with Crippen LogP contribution in [0.5, 0.6) is 0 Å². The largest absolute Gasteiger partial charge is 0.481 e. The highest BCUT2D eigenvalue weighted by atomic mass is 16.6. The maximum atomic E-state index is 10.9. The van der Waals surface area contributed by atoms with Gasteiger partial charge in [0.15, 0.2) is 0 Å². The minimum absolute atomic E-state index is 0.00935. The SMILES string of the molecule is O=C(O)Cc1ccc(C(O)C(O)CCO)cc1[N+](=O)[O-]. The van der Waals surface area contributed by atoms with Gasteiger partial charge in [-0.05, 0) is 12.0 Å². The van der Waals surface area contributed by atoms with Gasteiger partial charge in [-0.1, -0.05) is 12.1 Å². The molecule has 8 nitrogen and oxygen atoms in total. The van der Waals surface area contributed by atoms with Gasteiger partial charge in [-0.25, -0.2) is 0 Å². The van der Waals surface area contributed by atoms with E-state index < -0.39 is 35.2 Å². The zero-order valence-electron chi connectivity index (χ0n) is 10.5. The Hall–Kier alpha value is -2.03. The molecule has 20 heavy (non-hydrogen) atoms. The number of hydrogen-bond acceptors (Lipinski definition) is 6. The quantitative estimate of drug-likeness (QED) is 0.408. The molecule has 0 aliphatic carbocycles. The first-order chi connectivity index (χ1) is 9.36. The molecule has 0 aliphatic rings. The van der Waals surface area contributed by atoms with Crippen molar-refractivity contribution < 1.29 is 30.1 Å². The van der Waals surface area contributed by atoms with Gasteiger partial charge in [-0.2, -0.15) is 0 Å². The molecule has 2 atom stereocenters. The predicted octanol–water partition coefficient (Wildman–Crippen LogP) is -0.00140. The molecule has 0 bridgehead atoms. The first kappa shape index (κ1) is 16.0. The lowest BCUT2D eigenvalue weighted by atomic mass is 9.99. The Labute approximate surface area is 114 Å². The van der Waals surface area contributed by atoms with Gasteiger partial charge in [0.2, 0.25) is 0 Å². The lowest BCUT2D eigenvalue weighted by Crippen LogP contribution is -2.19. The fourth-order valence-corrected chi connectivity index (χ4v) is 1.76. The average Bonchev–Trinajstić information content (AvgIpc) is 2.37. The number of aliphatic hydroxyl groups excluding tert-OH is 3. The van der Waals surface area contributed by atoms with Gasteiger partial charge < -0.3 is 20.4 Å². The Kier molecular flexibility index (Phi) is 5.56. The highest BCUT2D eigenvalue weighted by Crippen LogP contribution is 2.26. The summed E-state index contributed by atoms with van der Waals surface area (Å²) in [6.07, 6.45) is -3.23. The number of hydrogen-bond donors (Lipinski definition) is 4. The van der Waals surface area contributed by atoms with Crippen molar-refractivity contribution in [2.24, 2.45) is 0 Å². The number of aliphatic carboxylic acids is 1. The highest BCUT2D eigenvalue weighted by molar-refractivity contribution is 5.72. The molecule has 0 radical (unpaired) electrons. The summed E-state index contributed by atoms with van der Waals surface area (Å²) < 4.78 is 0. The van der Waals surface area contributed by atoms with E-state index >= 15 is 0 Å². The summed E-state index contributed by atoms with van der Waals surface area (Å²) in [7, 11) is 0. The average molecular weight is 285 g/mol. The van der Waals surface area contributed by atoms with E-state index in [1.165, 1.54) is 12.1 Å². The van der Waals surface area contributed by atoms with Crippen molar-refractivity contribution in [3.63, 3.8) is 0 Å². The summed E-state index contributed by atoms with van der Waals surface area (Å²) in [6.45, 7) is -0.336.